The largest absolute Gasteiger partial charge is 0.493 e. The van der Waals surface area contributed by atoms with E-state index in [0.29, 0.717) is 0 Å². The molecule has 0 aliphatic heterocycles. The molecule has 0 atom stereocenters. The number of rotatable bonds is 2. The van der Waals surface area contributed by atoms with Crippen LogP contribution in [0.5, 0.6) is 11.5 Å². The average molecular weight is 225 g/mol. The molecule has 0 fully saturated rings. The molecule has 0 heterocycles. The van der Waals surface area contributed by atoms with E-state index in [2.05, 4.69) is 30.7 Å². The normalized spacial score (nSPS) is 11.9. The molecular weight excluding hydrogens is 212 g/mol. The van der Waals surface area contributed by atoms with Crippen LogP contribution in [-0.4, -0.2) is 14.2 Å². The quantitative estimate of drug-likeness (QED) is 0.666. The van der Waals surface area contributed by atoms with Crippen molar-refractivity contribution in [1.82, 2.24) is 0 Å². The maximum atomic E-state index is 5.45. The smallest absolute Gasteiger partial charge is 0.165 e. The monoisotopic (exact) mass is 225 g/mol. The maximum Gasteiger partial charge on any atom is 0.165 e. The number of benzene rings is 2. The standard InChI is InChI=1S/C15H13O2/c1-16-14-8-7-12-11-6-4-3-5-10(11)9-13(12)15(14)17-2/h3-9H,1-2H3. The molecule has 0 bridgehead atoms. The van der Waals surface area contributed by atoms with Crippen LogP contribution in [0.3, 0.4) is 0 Å². The summed E-state index contributed by atoms with van der Waals surface area (Å²) in [6.45, 7) is 0. The van der Waals surface area contributed by atoms with E-state index in [9.17, 15) is 0 Å². The van der Waals surface area contributed by atoms with Crippen LogP contribution in [0.1, 0.15) is 11.1 Å². The summed E-state index contributed by atoms with van der Waals surface area (Å²) in [6, 6.07) is 12.4. The van der Waals surface area contributed by atoms with Crippen LogP contribution >= 0.6 is 0 Å². The fourth-order valence-electron chi connectivity index (χ4n) is 2.35. The third-order valence-electron chi connectivity index (χ3n) is 3.13. The van der Waals surface area contributed by atoms with Crippen LogP contribution in [-0.2, 0) is 0 Å². The van der Waals surface area contributed by atoms with Gasteiger partial charge in [0.15, 0.2) is 11.5 Å². The van der Waals surface area contributed by atoms with Crippen molar-refractivity contribution in [2.75, 3.05) is 14.2 Å². The van der Waals surface area contributed by atoms with Gasteiger partial charge in [-0.1, -0.05) is 30.3 Å². The van der Waals surface area contributed by atoms with E-state index in [1.54, 1.807) is 14.2 Å². The van der Waals surface area contributed by atoms with E-state index in [-0.39, 0.29) is 0 Å². The van der Waals surface area contributed by atoms with Crippen LogP contribution in [0.4, 0.5) is 0 Å². The first kappa shape index (κ1) is 10.2. The minimum Gasteiger partial charge on any atom is -0.493 e. The fraction of sp³-hybridized carbons (Fsp3) is 0.133. The summed E-state index contributed by atoms with van der Waals surface area (Å²) in [5.41, 5.74) is 4.80. The summed E-state index contributed by atoms with van der Waals surface area (Å²) >= 11 is 0. The van der Waals surface area contributed by atoms with Gasteiger partial charge in [-0.2, -0.15) is 0 Å². The second-order valence-corrected chi connectivity index (χ2v) is 3.99. The first-order valence-electron chi connectivity index (χ1n) is 5.54. The topological polar surface area (TPSA) is 18.5 Å². The molecule has 1 aliphatic carbocycles. The zero-order chi connectivity index (χ0) is 11.8. The van der Waals surface area contributed by atoms with Gasteiger partial charge in [-0.25, -0.2) is 0 Å². The molecule has 1 aliphatic rings. The first-order valence-corrected chi connectivity index (χ1v) is 5.54. The highest BCUT2D eigenvalue weighted by atomic mass is 16.5. The van der Waals surface area contributed by atoms with Crippen molar-refractivity contribution in [2.45, 2.75) is 0 Å². The Kier molecular flexibility index (Phi) is 2.29. The van der Waals surface area contributed by atoms with Crippen LogP contribution in [0.25, 0.3) is 11.1 Å². The van der Waals surface area contributed by atoms with E-state index in [1.165, 1.54) is 16.7 Å². The zero-order valence-corrected chi connectivity index (χ0v) is 9.86. The van der Waals surface area contributed by atoms with Crippen LogP contribution in [0, 0.1) is 6.42 Å². The first-order chi connectivity index (χ1) is 8.35. The summed E-state index contributed by atoms with van der Waals surface area (Å²) in [7, 11) is 3.33. The highest BCUT2D eigenvalue weighted by Gasteiger charge is 2.23. The number of hydrogen-bond donors (Lipinski definition) is 0. The van der Waals surface area contributed by atoms with E-state index in [0.717, 1.165) is 17.1 Å². The summed E-state index contributed by atoms with van der Waals surface area (Å²) in [4.78, 5) is 0. The molecule has 0 saturated carbocycles. The van der Waals surface area contributed by atoms with E-state index in [1.807, 2.05) is 12.1 Å². The Morgan fingerprint density at radius 1 is 0.824 bits per heavy atom. The van der Waals surface area contributed by atoms with Crippen LogP contribution < -0.4 is 9.47 Å². The summed E-state index contributed by atoms with van der Waals surface area (Å²) in [5, 5.41) is 0. The molecule has 2 nitrogen and oxygen atoms in total. The van der Waals surface area contributed by atoms with Gasteiger partial charge < -0.3 is 9.47 Å². The molecule has 2 aromatic rings. The van der Waals surface area contributed by atoms with Crippen molar-refractivity contribution in [2.24, 2.45) is 0 Å². The van der Waals surface area contributed by atoms with Gasteiger partial charge in [0.2, 0.25) is 0 Å². The lowest BCUT2D eigenvalue weighted by molar-refractivity contribution is 0.354. The molecule has 85 valence electrons. The Labute approximate surface area is 101 Å². The number of methoxy groups -OCH3 is 2. The molecule has 0 amide bonds. The highest BCUT2D eigenvalue weighted by Crippen LogP contribution is 2.46. The Hall–Kier alpha value is -1.96. The van der Waals surface area contributed by atoms with Gasteiger partial charge in [0.25, 0.3) is 0 Å². The number of hydrogen-bond acceptors (Lipinski definition) is 2. The second-order valence-electron chi connectivity index (χ2n) is 3.99. The zero-order valence-electron chi connectivity index (χ0n) is 9.86. The third kappa shape index (κ3) is 1.41. The van der Waals surface area contributed by atoms with Crippen molar-refractivity contribution in [3.8, 4) is 22.6 Å². The Morgan fingerprint density at radius 3 is 2.41 bits per heavy atom. The van der Waals surface area contributed by atoms with Crippen molar-refractivity contribution < 1.29 is 9.47 Å². The van der Waals surface area contributed by atoms with Gasteiger partial charge in [0.1, 0.15) is 0 Å². The lowest BCUT2D eigenvalue weighted by Gasteiger charge is -2.11. The minimum atomic E-state index is 0.773. The molecular formula is C15H13O2. The molecule has 0 spiro atoms. The Bertz CT molecular complexity index is 573. The Balaban J connectivity index is 2.24. The number of ether oxygens (including phenoxy) is 2. The van der Waals surface area contributed by atoms with Crippen LogP contribution in [0.15, 0.2) is 36.4 Å². The fourth-order valence-corrected chi connectivity index (χ4v) is 2.35. The third-order valence-corrected chi connectivity index (χ3v) is 3.13. The SMILES string of the molecule is COc1ccc2c(c1OC)[CH]c1ccccc1-2. The predicted molar refractivity (Wildman–Crippen MR) is 67.5 cm³/mol. The summed E-state index contributed by atoms with van der Waals surface area (Å²) in [5.74, 6) is 1.58. The van der Waals surface area contributed by atoms with Crippen LogP contribution in [0.2, 0.25) is 0 Å². The molecule has 0 N–H and O–H groups in total. The molecule has 17 heavy (non-hydrogen) atoms. The molecule has 2 aromatic carbocycles. The number of fused-ring (bicyclic) bond motifs is 3. The van der Waals surface area contributed by atoms with Gasteiger partial charge in [-0.3, -0.25) is 0 Å². The highest BCUT2D eigenvalue weighted by molar-refractivity contribution is 5.84. The van der Waals surface area contributed by atoms with Gasteiger partial charge in [0, 0.05) is 12.0 Å². The van der Waals surface area contributed by atoms with Crippen molar-refractivity contribution in [3.05, 3.63) is 53.9 Å². The predicted octanol–water partition coefficient (Wildman–Crippen LogP) is 3.28. The Morgan fingerprint density at radius 2 is 1.65 bits per heavy atom. The van der Waals surface area contributed by atoms with E-state index in [4.69, 9.17) is 9.47 Å². The second kappa shape index (κ2) is 3.81. The van der Waals surface area contributed by atoms with Gasteiger partial charge in [0.05, 0.1) is 14.2 Å². The molecule has 0 aromatic heterocycles. The maximum absolute atomic E-state index is 5.45. The van der Waals surface area contributed by atoms with Crippen molar-refractivity contribution >= 4 is 0 Å². The lowest BCUT2D eigenvalue weighted by Crippen LogP contribution is -1.94. The molecule has 0 saturated heterocycles. The van der Waals surface area contributed by atoms with Gasteiger partial charge >= 0.3 is 0 Å². The molecule has 1 radical (unpaired) electrons. The van der Waals surface area contributed by atoms with E-state index < -0.39 is 0 Å². The summed E-state index contributed by atoms with van der Waals surface area (Å²) < 4.78 is 10.8. The van der Waals surface area contributed by atoms with E-state index >= 15 is 0 Å². The molecule has 0 unspecified atom stereocenters. The molecule has 3 rings (SSSR count). The summed E-state index contributed by atoms with van der Waals surface area (Å²) in [6.07, 6.45) is 2.14. The molecule has 2 heteroatoms. The average Bonchev–Trinajstić information content (AvgIpc) is 2.75. The van der Waals surface area contributed by atoms with Crippen molar-refractivity contribution in [1.29, 1.82) is 0 Å². The minimum absolute atomic E-state index is 0.773. The lowest BCUT2D eigenvalue weighted by atomic mass is 10.1. The van der Waals surface area contributed by atoms with Crippen molar-refractivity contribution in [3.63, 3.8) is 0 Å². The van der Waals surface area contributed by atoms with Gasteiger partial charge in [-0.15, -0.1) is 0 Å². The van der Waals surface area contributed by atoms with Gasteiger partial charge in [-0.05, 0) is 22.8 Å².